The number of nitrogens with zero attached hydrogens (tertiary/aromatic N) is 3. The number of primary sulfonamides is 1. The molecule has 1 saturated heterocycles. The molecule has 0 unspecified atom stereocenters. The van der Waals surface area contributed by atoms with Crippen molar-refractivity contribution in [1.82, 2.24) is 9.97 Å². The maximum absolute atomic E-state index is 14.5. The summed E-state index contributed by atoms with van der Waals surface area (Å²) in [6.07, 6.45) is -0.927. The SMILES string of the molecule is CCOc1ccc(-c2nc(N3C[C@@H](O)[C@@H]3C)nc3c2CCC3(F)F)cc1S(N)(=O)=O. The molecule has 1 aliphatic heterocycles. The number of hydrogen-bond acceptors (Lipinski definition) is 7. The molecule has 1 aromatic heterocycles. The third-order valence-electron chi connectivity index (χ3n) is 5.54. The summed E-state index contributed by atoms with van der Waals surface area (Å²) in [7, 11) is -4.12. The van der Waals surface area contributed by atoms with Crippen molar-refractivity contribution in [3.63, 3.8) is 0 Å². The van der Waals surface area contributed by atoms with Gasteiger partial charge < -0.3 is 14.7 Å². The Kier molecular flexibility index (Phi) is 4.94. The van der Waals surface area contributed by atoms with E-state index in [2.05, 4.69) is 9.97 Å². The number of aromatic nitrogens is 2. The van der Waals surface area contributed by atoms with Gasteiger partial charge in [0.25, 0.3) is 5.92 Å². The second kappa shape index (κ2) is 7.10. The van der Waals surface area contributed by atoms with Crippen LogP contribution in [0.3, 0.4) is 0 Å². The Morgan fingerprint density at radius 2 is 2.10 bits per heavy atom. The Balaban J connectivity index is 1.90. The van der Waals surface area contributed by atoms with E-state index in [0.717, 1.165) is 0 Å². The predicted octanol–water partition coefficient (Wildman–Crippen LogP) is 1.80. The van der Waals surface area contributed by atoms with Gasteiger partial charge in [0.1, 0.15) is 16.3 Å². The highest BCUT2D eigenvalue weighted by Crippen LogP contribution is 2.45. The fourth-order valence-corrected chi connectivity index (χ4v) is 4.48. The van der Waals surface area contributed by atoms with Crippen LogP contribution in [0.5, 0.6) is 5.75 Å². The van der Waals surface area contributed by atoms with Crippen LogP contribution >= 0.6 is 0 Å². The number of benzene rings is 1. The molecule has 1 aromatic carbocycles. The zero-order valence-corrected chi connectivity index (χ0v) is 17.3. The van der Waals surface area contributed by atoms with Crippen LogP contribution < -0.4 is 14.8 Å². The van der Waals surface area contributed by atoms with Crippen molar-refractivity contribution in [3.05, 3.63) is 29.5 Å². The molecular formula is C19H22F2N4O4S. The molecule has 2 atom stereocenters. The predicted molar refractivity (Wildman–Crippen MR) is 105 cm³/mol. The first kappa shape index (κ1) is 20.9. The highest BCUT2D eigenvalue weighted by molar-refractivity contribution is 7.89. The maximum Gasteiger partial charge on any atom is 0.290 e. The molecular weight excluding hydrogens is 418 g/mol. The highest BCUT2D eigenvalue weighted by Gasteiger charge is 2.45. The molecule has 3 N–H and O–H groups in total. The van der Waals surface area contributed by atoms with Crippen molar-refractivity contribution in [3.8, 4) is 17.0 Å². The van der Waals surface area contributed by atoms with Gasteiger partial charge in [-0.3, -0.25) is 0 Å². The van der Waals surface area contributed by atoms with Gasteiger partial charge in [-0.25, -0.2) is 23.5 Å². The summed E-state index contributed by atoms with van der Waals surface area (Å²) in [5.41, 5.74) is 0.478. The third-order valence-corrected chi connectivity index (χ3v) is 6.48. The molecule has 1 aliphatic carbocycles. The van der Waals surface area contributed by atoms with Gasteiger partial charge >= 0.3 is 0 Å². The van der Waals surface area contributed by atoms with Crippen molar-refractivity contribution in [2.45, 2.75) is 49.7 Å². The van der Waals surface area contributed by atoms with Crippen LogP contribution in [0.25, 0.3) is 11.3 Å². The fraction of sp³-hybridized carbons (Fsp3) is 0.474. The molecule has 11 heteroatoms. The number of β-amino-alcohol motifs (C(OH)–C–C–N with tert-alkyl or cyclic N) is 1. The summed E-state index contributed by atoms with van der Waals surface area (Å²) in [6.45, 7) is 3.92. The number of fused-ring (bicyclic) bond motifs is 1. The number of nitrogens with two attached hydrogens (primary N) is 1. The number of sulfonamides is 1. The number of rotatable bonds is 5. The molecule has 0 spiro atoms. The number of aliphatic hydroxyl groups is 1. The summed E-state index contributed by atoms with van der Waals surface area (Å²) >= 11 is 0. The number of aliphatic hydroxyl groups excluding tert-OH is 1. The molecule has 2 aromatic rings. The molecule has 0 bridgehead atoms. The van der Waals surface area contributed by atoms with Gasteiger partial charge in [-0.1, -0.05) is 0 Å². The molecule has 2 aliphatic rings. The van der Waals surface area contributed by atoms with E-state index in [9.17, 15) is 22.3 Å². The third kappa shape index (κ3) is 3.40. The summed E-state index contributed by atoms with van der Waals surface area (Å²) in [5, 5.41) is 15.1. The lowest BCUT2D eigenvalue weighted by Crippen LogP contribution is -2.59. The first-order valence-electron chi connectivity index (χ1n) is 9.57. The van der Waals surface area contributed by atoms with Crippen LogP contribution in [0.1, 0.15) is 31.5 Å². The number of ether oxygens (including phenoxy) is 1. The van der Waals surface area contributed by atoms with Crippen molar-refractivity contribution in [1.29, 1.82) is 0 Å². The van der Waals surface area contributed by atoms with Gasteiger partial charge in [0.05, 0.1) is 24.4 Å². The summed E-state index contributed by atoms with van der Waals surface area (Å²) in [6, 6.07) is 3.98. The Bertz CT molecular complexity index is 1110. The van der Waals surface area contributed by atoms with Crippen LogP contribution in [-0.2, 0) is 22.4 Å². The van der Waals surface area contributed by atoms with E-state index in [1.54, 1.807) is 24.8 Å². The molecule has 0 radical (unpaired) electrons. The van der Waals surface area contributed by atoms with Crippen molar-refractivity contribution in [2.75, 3.05) is 18.1 Å². The Morgan fingerprint density at radius 1 is 1.37 bits per heavy atom. The minimum atomic E-state index is -4.12. The Labute approximate surface area is 172 Å². The van der Waals surface area contributed by atoms with Gasteiger partial charge in [-0.15, -0.1) is 0 Å². The average molecular weight is 440 g/mol. The van der Waals surface area contributed by atoms with Gasteiger partial charge in [0.15, 0.2) is 0 Å². The molecule has 0 saturated carbocycles. The van der Waals surface area contributed by atoms with Crippen LogP contribution in [0.15, 0.2) is 23.1 Å². The van der Waals surface area contributed by atoms with Crippen LogP contribution in [0.4, 0.5) is 14.7 Å². The minimum Gasteiger partial charge on any atom is -0.492 e. The first-order valence-corrected chi connectivity index (χ1v) is 11.1. The highest BCUT2D eigenvalue weighted by atomic mass is 32.2. The smallest absolute Gasteiger partial charge is 0.290 e. The Hall–Kier alpha value is -2.37. The molecule has 2 heterocycles. The lowest BCUT2D eigenvalue weighted by atomic mass is 10.0. The number of anilines is 1. The summed E-state index contributed by atoms with van der Waals surface area (Å²) in [5.74, 6) is -2.95. The van der Waals surface area contributed by atoms with Gasteiger partial charge in [-0.05, 0) is 38.5 Å². The number of hydrogen-bond donors (Lipinski definition) is 2. The van der Waals surface area contributed by atoms with E-state index in [1.807, 2.05) is 0 Å². The lowest BCUT2D eigenvalue weighted by Gasteiger charge is -2.43. The monoisotopic (exact) mass is 440 g/mol. The Morgan fingerprint density at radius 3 is 2.70 bits per heavy atom. The normalized spacial score (nSPS) is 22.5. The number of halogens is 2. The van der Waals surface area contributed by atoms with Gasteiger partial charge in [-0.2, -0.15) is 8.78 Å². The van der Waals surface area contributed by atoms with Crippen molar-refractivity contribution >= 4 is 16.0 Å². The average Bonchev–Trinajstić information content (AvgIpc) is 2.99. The van der Waals surface area contributed by atoms with E-state index in [1.165, 1.54) is 12.1 Å². The lowest BCUT2D eigenvalue weighted by molar-refractivity contribution is -0.00603. The van der Waals surface area contributed by atoms with E-state index < -0.39 is 28.5 Å². The van der Waals surface area contributed by atoms with Crippen LogP contribution in [0, 0.1) is 0 Å². The summed E-state index contributed by atoms with van der Waals surface area (Å²) in [4.78, 5) is 9.98. The molecule has 1 fully saturated rings. The zero-order valence-electron chi connectivity index (χ0n) is 16.5. The van der Waals surface area contributed by atoms with E-state index in [-0.39, 0.29) is 59.2 Å². The quantitative estimate of drug-likeness (QED) is 0.728. The van der Waals surface area contributed by atoms with Crippen LogP contribution in [0.2, 0.25) is 0 Å². The maximum atomic E-state index is 14.5. The van der Waals surface area contributed by atoms with Gasteiger partial charge in [0, 0.05) is 24.1 Å². The molecule has 8 nitrogen and oxygen atoms in total. The standard InChI is InChI=1S/C19H22F2N4O4S/c1-3-29-14-5-4-11(8-15(14)30(22,27)28)16-12-6-7-19(20,21)17(12)24-18(23-16)25-9-13(26)10(25)2/h4-5,8,10,13,26H,3,6-7,9H2,1-2H3,(H2,22,27,28)/t10-,13+/m0/s1. The van der Waals surface area contributed by atoms with Gasteiger partial charge in [0.2, 0.25) is 16.0 Å². The second-order valence-corrected chi connectivity index (χ2v) is 9.03. The van der Waals surface area contributed by atoms with E-state index >= 15 is 0 Å². The zero-order chi connectivity index (χ0) is 21.8. The summed E-state index contributed by atoms with van der Waals surface area (Å²) < 4.78 is 58.5. The first-order chi connectivity index (χ1) is 14.0. The largest absolute Gasteiger partial charge is 0.492 e. The van der Waals surface area contributed by atoms with Crippen molar-refractivity contribution < 1.29 is 27.0 Å². The minimum absolute atomic E-state index is 0.0635. The van der Waals surface area contributed by atoms with E-state index in [4.69, 9.17) is 9.88 Å². The fourth-order valence-electron chi connectivity index (χ4n) is 3.79. The topological polar surface area (TPSA) is 119 Å². The number of alkyl halides is 2. The second-order valence-electron chi connectivity index (χ2n) is 7.50. The van der Waals surface area contributed by atoms with Crippen molar-refractivity contribution in [2.24, 2.45) is 5.14 Å². The van der Waals surface area contributed by atoms with Crippen LogP contribution in [-0.4, -0.2) is 48.8 Å². The molecule has 30 heavy (non-hydrogen) atoms. The molecule has 0 amide bonds. The van der Waals surface area contributed by atoms with E-state index in [0.29, 0.717) is 5.56 Å². The molecule has 4 rings (SSSR count). The molecule has 162 valence electrons.